The molecular formula is C54H80N14O18. The topological polar surface area (TPSA) is 374 Å². The summed E-state index contributed by atoms with van der Waals surface area (Å²) < 4.78 is 6.01. The number of carboxylic acids is 1. The summed E-state index contributed by atoms with van der Waals surface area (Å²) in [7, 11) is 14.5. The van der Waals surface area contributed by atoms with E-state index in [1.165, 1.54) is 104 Å². The zero-order chi connectivity index (χ0) is 65.4. The standard InChI is InChI=1S/C54H80N14O18/c1-34(53(84)55-3)57-54(85)35(2)56-39(69)19-17-36-16-18-37(68-41(71)20-21-42(68)72)23-38(36)86-22-14-15-40(70)58(4)24-43(73)59(5)25-44(74)60(6)26-45(75)61(7)27-46(76)62(8)28-47(77)63(9)29-48(78)64(10)30-49(79)65(11)31-50(80)66(12)32-51(81)67(13)33-52(82)83/h16,18,20-21,23,34-35H,14-15,17,19,22,24-33H2,1-13H3,(H,55,84)(H,56,69)(H,57,85)(H,82,83)/t34-,35-/m0/s1. The summed E-state index contributed by atoms with van der Waals surface area (Å²) in [6.07, 6.45) is 2.26. The van der Waals surface area contributed by atoms with Crippen LogP contribution in [0.1, 0.15) is 38.7 Å². The number of hydrogen-bond donors (Lipinski definition) is 4. The highest BCUT2D eigenvalue weighted by Crippen LogP contribution is 2.29. The van der Waals surface area contributed by atoms with Gasteiger partial charge in [-0.2, -0.15) is 0 Å². The molecule has 0 saturated carbocycles. The van der Waals surface area contributed by atoms with Crippen LogP contribution in [0, 0.1) is 0 Å². The molecule has 86 heavy (non-hydrogen) atoms. The number of carboxylic acid groups (broad SMARTS) is 1. The maximum absolute atomic E-state index is 13.1. The first-order valence-corrected chi connectivity index (χ1v) is 26.8. The Morgan fingerprint density at radius 2 is 0.791 bits per heavy atom. The lowest BCUT2D eigenvalue weighted by Gasteiger charge is -2.27. The molecule has 474 valence electrons. The molecule has 0 aromatic heterocycles. The summed E-state index contributed by atoms with van der Waals surface area (Å²) in [5.74, 6) is -9.98. The number of likely N-dealkylation sites (N-methyl/N-ethyl adjacent to an activating group) is 11. The van der Waals surface area contributed by atoms with Gasteiger partial charge in [-0.25, -0.2) is 4.90 Å². The number of amides is 15. The normalized spacial score (nSPS) is 12.1. The van der Waals surface area contributed by atoms with Crippen LogP contribution in [0.2, 0.25) is 0 Å². The molecule has 0 fully saturated rings. The summed E-state index contributed by atoms with van der Waals surface area (Å²) in [5.41, 5.74) is 0.697. The molecule has 4 N–H and O–H groups in total. The number of aryl methyl sites for hydroxylation is 1. The lowest BCUT2D eigenvalue weighted by molar-refractivity contribution is -0.147. The van der Waals surface area contributed by atoms with Crippen LogP contribution in [-0.2, 0) is 83.1 Å². The van der Waals surface area contributed by atoms with E-state index in [9.17, 15) is 76.7 Å². The molecule has 0 aliphatic carbocycles. The van der Waals surface area contributed by atoms with Gasteiger partial charge in [0, 0.05) is 109 Å². The van der Waals surface area contributed by atoms with Crippen LogP contribution >= 0.6 is 0 Å². The highest BCUT2D eigenvalue weighted by Gasteiger charge is 2.29. The van der Waals surface area contributed by atoms with Crippen LogP contribution in [0.3, 0.4) is 0 Å². The minimum atomic E-state index is -1.24. The van der Waals surface area contributed by atoms with Gasteiger partial charge in [-0.05, 0) is 38.3 Å². The number of aliphatic carboxylic acids is 1. The molecule has 32 nitrogen and oxygen atoms in total. The predicted octanol–water partition coefficient (Wildman–Crippen LogP) is -5.37. The molecule has 2 atom stereocenters. The first-order valence-electron chi connectivity index (χ1n) is 26.8. The number of imide groups is 1. The minimum absolute atomic E-state index is 0.0512. The Hall–Kier alpha value is -9.52. The van der Waals surface area contributed by atoms with Crippen molar-refractivity contribution in [1.29, 1.82) is 0 Å². The molecule has 1 aromatic carbocycles. The zero-order valence-electron chi connectivity index (χ0n) is 51.0. The van der Waals surface area contributed by atoms with Gasteiger partial charge in [-0.3, -0.25) is 76.7 Å². The van der Waals surface area contributed by atoms with Crippen molar-refractivity contribution in [3.8, 4) is 5.75 Å². The number of nitrogens with one attached hydrogen (secondary N) is 3. The van der Waals surface area contributed by atoms with Crippen LogP contribution in [-0.4, -0.2) is 310 Å². The number of benzene rings is 1. The second kappa shape index (κ2) is 34.3. The minimum Gasteiger partial charge on any atom is -0.493 e. The second-order valence-corrected chi connectivity index (χ2v) is 20.6. The van der Waals surface area contributed by atoms with E-state index in [0.717, 1.165) is 66.1 Å². The van der Waals surface area contributed by atoms with Gasteiger partial charge in [0.1, 0.15) is 24.4 Å². The van der Waals surface area contributed by atoms with Crippen molar-refractivity contribution in [3.05, 3.63) is 35.9 Å². The van der Waals surface area contributed by atoms with Gasteiger partial charge in [-0.15, -0.1) is 0 Å². The molecule has 0 unspecified atom stereocenters. The van der Waals surface area contributed by atoms with E-state index in [2.05, 4.69) is 16.0 Å². The van der Waals surface area contributed by atoms with Crippen molar-refractivity contribution in [2.24, 2.45) is 0 Å². The number of ether oxygens (including phenoxy) is 1. The van der Waals surface area contributed by atoms with Crippen molar-refractivity contribution in [2.75, 3.05) is 154 Å². The smallest absolute Gasteiger partial charge is 0.323 e. The maximum atomic E-state index is 13.1. The van der Waals surface area contributed by atoms with Crippen molar-refractivity contribution in [1.82, 2.24) is 64.9 Å². The van der Waals surface area contributed by atoms with E-state index in [1.54, 1.807) is 6.07 Å². The van der Waals surface area contributed by atoms with Crippen LogP contribution < -0.4 is 25.6 Å². The average molecular weight is 1210 g/mol. The first kappa shape index (κ1) is 72.6. The Bertz CT molecular complexity index is 2770. The van der Waals surface area contributed by atoms with E-state index < -0.39 is 172 Å². The third-order valence-corrected chi connectivity index (χ3v) is 13.3. The van der Waals surface area contributed by atoms with Crippen molar-refractivity contribution >= 4 is 100 Å². The number of carbonyl (C=O) groups excluding carboxylic acids is 15. The Labute approximate surface area is 498 Å². The highest BCUT2D eigenvalue weighted by atomic mass is 16.5. The Morgan fingerprint density at radius 1 is 0.465 bits per heavy atom. The number of carbonyl (C=O) groups is 16. The Morgan fingerprint density at radius 3 is 1.13 bits per heavy atom. The van der Waals surface area contributed by atoms with E-state index >= 15 is 0 Å². The SMILES string of the molecule is CNC(=O)[C@H](C)NC(=O)[C@H](C)NC(=O)CCc1ccc(N2C(=O)C=CC2=O)cc1OCCCC(=O)N(C)CC(=O)N(C)CC(=O)N(C)CC(=O)N(C)CC(=O)N(C)CC(=O)N(C)CC(=O)N(C)CC(=O)N(C)CC(=O)N(C)CC(=O)N(C)CC(=O)O. The molecule has 0 bridgehead atoms. The fourth-order valence-corrected chi connectivity index (χ4v) is 7.52. The van der Waals surface area contributed by atoms with Gasteiger partial charge in [0.2, 0.25) is 76.8 Å². The van der Waals surface area contributed by atoms with Crippen LogP contribution in [0.5, 0.6) is 5.75 Å². The number of hydrogen-bond acceptors (Lipinski definition) is 17. The van der Waals surface area contributed by atoms with Crippen LogP contribution in [0.15, 0.2) is 30.4 Å². The van der Waals surface area contributed by atoms with E-state index in [0.29, 0.717) is 5.56 Å². The lowest BCUT2D eigenvalue weighted by Crippen LogP contribution is -2.51. The lowest BCUT2D eigenvalue weighted by atomic mass is 10.1. The van der Waals surface area contributed by atoms with Gasteiger partial charge in [-0.1, -0.05) is 6.07 Å². The summed E-state index contributed by atoms with van der Waals surface area (Å²) in [6, 6.07) is 2.72. The number of anilines is 1. The van der Waals surface area contributed by atoms with E-state index in [4.69, 9.17) is 9.84 Å². The molecule has 0 radical (unpaired) electrons. The zero-order valence-corrected chi connectivity index (χ0v) is 51.0. The van der Waals surface area contributed by atoms with Gasteiger partial charge in [0.25, 0.3) is 11.8 Å². The third kappa shape index (κ3) is 23.6. The van der Waals surface area contributed by atoms with Gasteiger partial charge < -0.3 is 74.8 Å². The second-order valence-electron chi connectivity index (χ2n) is 20.6. The molecule has 1 aliphatic rings. The molecule has 1 aromatic rings. The monoisotopic (exact) mass is 1210 g/mol. The molecule has 32 heteroatoms. The molecule has 2 rings (SSSR count). The number of rotatable bonds is 33. The quantitative estimate of drug-likeness (QED) is 0.0377. The maximum Gasteiger partial charge on any atom is 0.323 e. The molecule has 1 aliphatic heterocycles. The fourth-order valence-electron chi connectivity index (χ4n) is 7.52. The Balaban J connectivity index is 1.84. The first-order chi connectivity index (χ1) is 40.1. The van der Waals surface area contributed by atoms with Crippen LogP contribution in [0.25, 0.3) is 0 Å². The van der Waals surface area contributed by atoms with Gasteiger partial charge >= 0.3 is 5.97 Å². The molecule has 0 spiro atoms. The van der Waals surface area contributed by atoms with E-state index in [1.807, 2.05) is 0 Å². The predicted molar refractivity (Wildman–Crippen MR) is 304 cm³/mol. The summed E-state index contributed by atoms with van der Waals surface area (Å²) in [4.78, 5) is 213. The summed E-state index contributed by atoms with van der Waals surface area (Å²) >= 11 is 0. The van der Waals surface area contributed by atoms with Crippen molar-refractivity contribution < 1.29 is 86.6 Å². The fraction of sp³-hybridized carbons (Fsp3) is 0.556. The largest absolute Gasteiger partial charge is 0.493 e. The molecule has 1 heterocycles. The Kier molecular flexibility index (Phi) is 29.0. The number of nitrogens with zero attached hydrogens (tertiary/aromatic N) is 11. The average Bonchev–Trinajstić information content (AvgIpc) is 2.17. The van der Waals surface area contributed by atoms with Crippen molar-refractivity contribution in [2.45, 2.75) is 51.6 Å². The highest BCUT2D eigenvalue weighted by molar-refractivity contribution is 6.28. The van der Waals surface area contributed by atoms with E-state index in [-0.39, 0.29) is 43.7 Å². The molecular weight excluding hydrogens is 1130 g/mol. The third-order valence-electron chi connectivity index (χ3n) is 13.3. The van der Waals surface area contributed by atoms with Gasteiger partial charge in [0.05, 0.1) is 71.2 Å². The summed E-state index contributed by atoms with van der Waals surface area (Å²) in [6.45, 7) is -1.95. The van der Waals surface area contributed by atoms with Gasteiger partial charge in [0.15, 0.2) is 0 Å². The van der Waals surface area contributed by atoms with Crippen LogP contribution in [0.4, 0.5) is 5.69 Å². The summed E-state index contributed by atoms with van der Waals surface area (Å²) in [5, 5.41) is 16.4. The molecule has 15 amide bonds. The van der Waals surface area contributed by atoms with Crippen molar-refractivity contribution in [3.63, 3.8) is 0 Å². The molecule has 0 saturated heterocycles.